The molecule has 1 fully saturated rings. The summed E-state index contributed by atoms with van der Waals surface area (Å²) < 4.78 is 6.01. The summed E-state index contributed by atoms with van der Waals surface area (Å²) in [5, 5.41) is 10.3. The van der Waals surface area contributed by atoms with Gasteiger partial charge in [0.05, 0.1) is 6.10 Å². The molecule has 1 aliphatic rings. The normalized spacial score (nSPS) is 18.7. The molecule has 22 heavy (non-hydrogen) atoms. The molecule has 122 valence electrons. The van der Waals surface area contributed by atoms with Gasteiger partial charge in [0.2, 0.25) is 0 Å². The number of rotatable bonds is 7. The van der Waals surface area contributed by atoms with Gasteiger partial charge in [-0.1, -0.05) is 32.8 Å². The summed E-state index contributed by atoms with van der Waals surface area (Å²) in [5.74, 6) is 1.47. The van der Waals surface area contributed by atoms with Gasteiger partial charge in [0.1, 0.15) is 17.3 Å². The van der Waals surface area contributed by atoms with Crippen molar-refractivity contribution in [2.24, 2.45) is 0 Å². The van der Waals surface area contributed by atoms with Crippen LogP contribution in [0.25, 0.3) is 0 Å². The summed E-state index contributed by atoms with van der Waals surface area (Å²) in [6.45, 7) is 4.32. The fraction of sp³-hybridized carbons (Fsp3) is 0.632. The van der Waals surface area contributed by atoms with E-state index in [-0.39, 0.29) is 17.8 Å². The Kier molecular flexibility index (Phi) is 6.29. The molecule has 1 aliphatic carbocycles. The summed E-state index contributed by atoms with van der Waals surface area (Å²) in [5.41, 5.74) is 0.892. The molecule has 0 aliphatic heterocycles. The Labute approximate surface area is 133 Å². The number of aromatic hydroxyl groups is 1. The molecule has 0 spiro atoms. The quantitative estimate of drug-likeness (QED) is 0.774. The predicted molar refractivity (Wildman–Crippen MR) is 88.6 cm³/mol. The highest BCUT2D eigenvalue weighted by Gasteiger charge is 2.23. The number of phenols is 1. The lowest BCUT2D eigenvalue weighted by atomic mass is 9.83. The average molecular weight is 304 g/mol. The SMILES string of the molecule is CCCC(CCC)Oc1ccc(C2CCCC(=O)C2)c(O)c1. The Morgan fingerprint density at radius 1 is 1.27 bits per heavy atom. The predicted octanol–water partition coefficient (Wildman–Crippen LogP) is 4.97. The van der Waals surface area contributed by atoms with Gasteiger partial charge in [0, 0.05) is 18.9 Å². The largest absolute Gasteiger partial charge is 0.508 e. The molecule has 1 N–H and O–H groups in total. The Morgan fingerprint density at radius 3 is 2.59 bits per heavy atom. The van der Waals surface area contributed by atoms with E-state index in [1.165, 1.54) is 0 Å². The van der Waals surface area contributed by atoms with Crippen LogP contribution in [0.4, 0.5) is 0 Å². The zero-order valence-corrected chi connectivity index (χ0v) is 13.8. The van der Waals surface area contributed by atoms with Crippen molar-refractivity contribution in [2.75, 3.05) is 0 Å². The summed E-state index contributed by atoms with van der Waals surface area (Å²) in [6.07, 6.45) is 7.63. The first-order chi connectivity index (χ1) is 10.6. The van der Waals surface area contributed by atoms with Crippen LogP contribution >= 0.6 is 0 Å². The second-order valence-electron chi connectivity index (χ2n) is 6.37. The van der Waals surface area contributed by atoms with Gasteiger partial charge in [0.25, 0.3) is 0 Å². The third kappa shape index (κ3) is 4.49. The maximum Gasteiger partial charge on any atom is 0.133 e. The van der Waals surface area contributed by atoms with Gasteiger partial charge >= 0.3 is 0 Å². The third-order valence-electron chi connectivity index (χ3n) is 4.45. The molecule has 0 bridgehead atoms. The van der Waals surface area contributed by atoms with Crippen molar-refractivity contribution in [3.05, 3.63) is 23.8 Å². The fourth-order valence-corrected chi connectivity index (χ4v) is 3.33. The van der Waals surface area contributed by atoms with Crippen molar-refractivity contribution < 1.29 is 14.6 Å². The molecular weight excluding hydrogens is 276 g/mol. The summed E-state index contributed by atoms with van der Waals surface area (Å²) in [7, 11) is 0. The van der Waals surface area contributed by atoms with E-state index < -0.39 is 0 Å². The van der Waals surface area contributed by atoms with Gasteiger partial charge in [-0.15, -0.1) is 0 Å². The molecule has 3 heteroatoms. The van der Waals surface area contributed by atoms with Crippen LogP contribution in [-0.2, 0) is 4.79 Å². The molecular formula is C19H28O3. The molecule has 1 atom stereocenters. The van der Waals surface area contributed by atoms with Gasteiger partial charge in [-0.05, 0) is 43.2 Å². The molecule has 0 radical (unpaired) electrons. The zero-order valence-electron chi connectivity index (χ0n) is 13.8. The highest BCUT2D eigenvalue weighted by molar-refractivity contribution is 5.80. The highest BCUT2D eigenvalue weighted by Crippen LogP contribution is 2.37. The lowest BCUT2D eigenvalue weighted by Gasteiger charge is -2.23. The lowest BCUT2D eigenvalue weighted by molar-refractivity contribution is -0.120. The maximum atomic E-state index is 11.6. The molecule has 0 saturated heterocycles. The first-order valence-corrected chi connectivity index (χ1v) is 8.65. The van der Waals surface area contributed by atoms with Gasteiger partial charge in [0.15, 0.2) is 0 Å². The number of ketones is 1. The number of ether oxygens (including phenoxy) is 1. The summed E-state index contributed by atoms with van der Waals surface area (Å²) in [6, 6.07) is 5.59. The van der Waals surface area contributed by atoms with Crippen LogP contribution in [0.2, 0.25) is 0 Å². The van der Waals surface area contributed by atoms with Crippen molar-refractivity contribution in [2.45, 2.75) is 77.2 Å². The van der Waals surface area contributed by atoms with Crippen LogP contribution in [0.5, 0.6) is 11.5 Å². The highest BCUT2D eigenvalue weighted by atomic mass is 16.5. The van der Waals surface area contributed by atoms with Crippen LogP contribution in [0.3, 0.4) is 0 Å². The number of carbonyl (C=O) groups is 1. The van der Waals surface area contributed by atoms with E-state index in [1.54, 1.807) is 6.07 Å². The van der Waals surface area contributed by atoms with Crippen molar-refractivity contribution in [3.8, 4) is 11.5 Å². The van der Waals surface area contributed by atoms with Crippen molar-refractivity contribution in [3.63, 3.8) is 0 Å². The van der Waals surface area contributed by atoms with E-state index in [0.29, 0.717) is 18.6 Å². The van der Waals surface area contributed by atoms with Crippen molar-refractivity contribution in [1.29, 1.82) is 0 Å². The first-order valence-electron chi connectivity index (χ1n) is 8.65. The van der Waals surface area contributed by atoms with E-state index in [1.807, 2.05) is 12.1 Å². The Morgan fingerprint density at radius 2 is 2.00 bits per heavy atom. The topological polar surface area (TPSA) is 46.5 Å². The van der Waals surface area contributed by atoms with Crippen LogP contribution in [-0.4, -0.2) is 17.0 Å². The number of hydrogen-bond acceptors (Lipinski definition) is 3. The fourth-order valence-electron chi connectivity index (χ4n) is 3.33. The van der Waals surface area contributed by atoms with Crippen LogP contribution in [0.1, 0.15) is 76.7 Å². The monoisotopic (exact) mass is 304 g/mol. The minimum Gasteiger partial charge on any atom is -0.508 e. The molecule has 3 nitrogen and oxygen atoms in total. The zero-order chi connectivity index (χ0) is 15.9. The summed E-state index contributed by atoms with van der Waals surface area (Å²) >= 11 is 0. The van der Waals surface area contributed by atoms with Crippen LogP contribution in [0.15, 0.2) is 18.2 Å². The number of Topliss-reactive ketones (excluding diaryl/α,β-unsaturated/α-hetero) is 1. The molecule has 0 heterocycles. The molecule has 1 saturated carbocycles. The van der Waals surface area contributed by atoms with E-state index in [4.69, 9.17) is 4.74 Å². The number of carbonyl (C=O) groups excluding carboxylic acids is 1. The molecule has 0 amide bonds. The van der Waals surface area contributed by atoms with Gasteiger partial charge in [-0.2, -0.15) is 0 Å². The third-order valence-corrected chi connectivity index (χ3v) is 4.45. The number of hydrogen-bond donors (Lipinski definition) is 1. The maximum absolute atomic E-state index is 11.6. The second kappa shape index (κ2) is 8.21. The van der Waals surface area contributed by atoms with E-state index in [0.717, 1.165) is 49.8 Å². The minimum absolute atomic E-state index is 0.164. The number of benzene rings is 1. The van der Waals surface area contributed by atoms with Crippen molar-refractivity contribution in [1.82, 2.24) is 0 Å². The van der Waals surface area contributed by atoms with E-state index in [2.05, 4.69) is 13.8 Å². The van der Waals surface area contributed by atoms with E-state index >= 15 is 0 Å². The lowest BCUT2D eigenvalue weighted by Crippen LogP contribution is -2.16. The molecule has 1 unspecified atom stereocenters. The molecule has 1 aromatic rings. The van der Waals surface area contributed by atoms with E-state index in [9.17, 15) is 9.90 Å². The van der Waals surface area contributed by atoms with Crippen molar-refractivity contribution >= 4 is 5.78 Å². The van der Waals surface area contributed by atoms with Crippen LogP contribution in [0, 0.1) is 0 Å². The Balaban J connectivity index is 2.06. The van der Waals surface area contributed by atoms with Gasteiger partial charge < -0.3 is 9.84 Å². The Hall–Kier alpha value is -1.51. The van der Waals surface area contributed by atoms with Gasteiger partial charge in [-0.25, -0.2) is 0 Å². The smallest absolute Gasteiger partial charge is 0.133 e. The van der Waals surface area contributed by atoms with Crippen LogP contribution < -0.4 is 4.74 Å². The second-order valence-corrected chi connectivity index (χ2v) is 6.37. The first kappa shape index (κ1) is 16.9. The summed E-state index contributed by atoms with van der Waals surface area (Å²) in [4.78, 5) is 11.6. The minimum atomic E-state index is 0.164. The average Bonchev–Trinajstić information content (AvgIpc) is 2.48. The molecule has 0 aromatic heterocycles. The molecule has 2 rings (SSSR count). The standard InChI is InChI=1S/C19H28O3/c1-3-6-16(7-4-2)22-17-10-11-18(19(21)13-17)14-8-5-9-15(20)12-14/h10-11,13-14,16,21H,3-9,12H2,1-2H3. The Bertz CT molecular complexity index is 489. The number of phenolic OH excluding ortho intramolecular Hbond substituents is 1. The van der Waals surface area contributed by atoms with Gasteiger partial charge in [-0.3, -0.25) is 4.79 Å². The molecule has 1 aromatic carbocycles.